The van der Waals surface area contributed by atoms with Gasteiger partial charge in [-0.3, -0.25) is 0 Å². The fourth-order valence-corrected chi connectivity index (χ4v) is 3.14. The lowest BCUT2D eigenvalue weighted by atomic mass is 10.2. The second-order valence-corrected chi connectivity index (χ2v) is 5.98. The predicted molar refractivity (Wildman–Crippen MR) is 76.4 cm³/mol. The number of thiophene rings is 1. The molecule has 0 saturated heterocycles. The maximum Gasteiger partial charge on any atom is 0.203 e. The van der Waals surface area contributed by atoms with Crippen LogP contribution >= 0.6 is 11.3 Å². The molecule has 1 saturated carbocycles. The van der Waals surface area contributed by atoms with Crippen LogP contribution in [0, 0.1) is 6.92 Å². The van der Waals surface area contributed by atoms with Crippen molar-refractivity contribution in [1.82, 2.24) is 9.55 Å². The van der Waals surface area contributed by atoms with Gasteiger partial charge in [-0.25, -0.2) is 4.98 Å². The van der Waals surface area contributed by atoms with Gasteiger partial charge in [-0.2, -0.15) is 0 Å². The summed E-state index contributed by atoms with van der Waals surface area (Å²) < 4.78 is 2.25. The molecule has 1 fully saturated rings. The number of rotatable bonds is 5. The third-order valence-corrected chi connectivity index (χ3v) is 4.29. The molecule has 2 aromatic heterocycles. The molecule has 0 spiro atoms. The molecule has 0 atom stereocenters. The van der Waals surface area contributed by atoms with E-state index in [9.17, 15) is 0 Å². The molecule has 0 bridgehead atoms. The number of nitrogens with zero attached hydrogens (tertiary/aromatic N) is 2. The van der Waals surface area contributed by atoms with Gasteiger partial charge in [-0.1, -0.05) is 6.92 Å². The number of aryl methyl sites for hydroxylation is 2. The van der Waals surface area contributed by atoms with Gasteiger partial charge in [-0.15, -0.1) is 11.3 Å². The first-order valence-corrected chi connectivity index (χ1v) is 7.49. The molecular weight excluding hydrogens is 242 g/mol. The topological polar surface area (TPSA) is 29.9 Å². The summed E-state index contributed by atoms with van der Waals surface area (Å²) >= 11 is 1.85. The van der Waals surface area contributed by atoms with Crippen molar-refractivity contribution in [1.29, 1.82) is 0 Å². The molecule has 1 aliphatic carbocycles. The molecule has 1 N–H and O–H groups in total. The number of imidazole rings is 1. The van der Waals surface area contributed by atoms with E-state index in [4.69, 9.17) is 0 Å². The highest BCUT2D eigenvalue weighted by Gasteiger charge is 2.23. The maximum atomic E-state index is 4.58. The molecule has 4 heteroatoms. The number of nitrogens with one attached hydrogen (secondary N) is 1. The summed E-state index contributed by atoms with van der Waals surface area (Å²) in [5, 5.41) is 5.70. The fourth-order valence-electron chi connectivity index (χ4n) is 2.17. The summed E-state index contributed by atoms with van der Waals surface area (Å²) in [6, 6.07) is 2.89. The Kier molecular flexibility index (Phi) is 3.12. The van der Waals surface area contributed by atoms with Gasteiger partial charge in [-0.05, 0) is 43.2 Å². The minimum atomic E-state index is 0.652. The van der Waals surface area contributed by atoms with E-state index in [0.717, 1.165) is 24.6 Å². The Balaban J connectivity index is 1.82. The Morgan fingerprint density at radius 2 is 2.33 bits per heavy atom. The van der Waals surface area contributed by atoms with E-state index in [1.807, 2.05) is 11.3 Å². The molecule has 3 rings (SSSR count). The lowest BCUT2D eigenvalue weighted by Crippen LogP contribution is -2.09. The predicted octanol–water partition coefficient (Wildman–Crippen LogP) is 3.44. The van der Waals surface area contributed by atoms with Crippen LogP contribution in [0.2, 0.25) is 0 Å². The smallest absolute Gasteiger partial charge is 0.203 e. The van der Waals surface area contributed by atoms with Crippen LogP contribution in [0.1, 0.15) is 35.9 Å². The summed E-state index contributed by atoms with van der Waals surface area (Å²) in [6.45, 7) is 5.22. The zero-order valence-electron chi connectivity index (χ0n) is 10.9. The molecule has 1 aliphatic rings. The van der Waals surface area contributed by atoms with E-state index in [1.165, 1.54) is 23.3 Å². The number of anilines is 1. The first kappa shape index (κ1) is 11.8. The molecule has 3 nitrogen and oxygen atoms in total. The highest BCUT2D eigenvalue weighted by Crippen LogP contribution is 2.26. The van der Waals surface area contributed by atoms with E-state index in [1.54, 1.807) is 0 Å². The zero-order chi connectivity index (χ0) is 12.5. The van der Waals surface area contributed by atoms with Gasteiger partial charge in [0.15, 0.2) is 0 Å². The number of aromatic nitrogens is 2. The van der Waals surface area contributed by atoms with Crippen LogP contribution in [0.15, 0.2) is 17.6 Å². The molecule has 0 radical (unpaired) electrons. The number of hydrogen-bond donors (Lipinski definition) is 1. The van der Waals surface area contributed by atoms with Crippen molar-refractivity contribution in [3.05, 3.63) is 33.8 Å². The Morgan fingerprint density at radius 3 is 3.06 bits per heavy atom. The van der Waals surface area contributed by atoms with Crippen LogP contribution in [0.4, 0.5) is 5.95 Å². The highest BCUT2D eigenvalue weighted by molar-refractivity contribution is 7.10. The van der Waals surface area contributed by atoms with Gasteiger partial charge in [0, 0.05) is 17.1 Å². The van der Waals surface area contributed by atoms with Crippen molar-refractivity contribution >= 4 is 17.3 Å². The molecule has 0 aromatic carbocycles. The maximum absolute atomic E-state index is 4.58. The van der Waals surface area contributed by atoms with E-state index in [2.05, 4.69) is 46.4 Å². The first-order valence-electron chi connectivity index (χ1n) is 6.62. The Hall–Kier alpha value is -1.29. The van der Waals surface area contributed by atoms with Crippen LogP contribution in [-0.2, 0) is 13.0 Å². The summed E-state index contributed by atoms with van der Waals surface area (Å²) in [4.78, 5) is 6.04. The van der Waals surface area contributed by atoms with Crippen molar-refractivity contribution in [2.75, 3.05) is 5.32 Å². The Labute approximate surface area is 112 Å². The normalized spacial score (nSPS) is 15.0. The van der Waals surface area contributed by atoms with Crippen LogP contribution < -0.4 is 5.32 Å². The van der Waals surface area contributed by atoms with Gasteiger partial charge in [0.2, 0.25) is 5.95 Å². The lowest BCUT2D eigenvalue weighted by Gasteiger charge is -2.09. The standard InChI is InChI=1S/C14H19N3S/c1-3-11-6-7-18-13(11)9-17-8-10(2)15-14(17)16-12-4-5-12/h6-8,12H,3-5,9H2,1-2H3,(H,15,16). The van der Waals surface area contributed by atoms with Crippen LogP contribution in [0.5, 0.6) is 0 Å². The fraction of sp³-hybridized carbons (Fsp3) is 0.500. The Bertz CT molecular complexity index is 537. The second kappa shape index (κ2) is 4.76. The van der Waals surface area contributed by atoms with E-state index >= 15 is 0 Å². The average molecular weight is 261 g/mol. The monoisotopic (exact) mass is 261 g/mol. The van der Waals surface area contributed by atoms with Crippen molar-refractivity contribution in [2.24, 2.45) is 0 Å². The minimum absolute atomic E-state index is 0.652. The summed E-state index contributed by atoms with van der Waals surface area (Å²) in [5.41, 5.74) is 2.55. The Morgan fingerprint density at radius 1 is 1.50 bits per heavy atom. The third kappa shape index (κ3) is 2.43. The average Bonchev–Trinajstić information content (AvgIpc) is 2.94. The molecule has 2 aromatic rings. The molecule has 96 valence electrons. The van der Waals surface area contributed by atoms with Gasteiger partial charge in [0.1, 0.15) is 0 Å². The van der Waals surface area contributed by atoms with Crippen molar-refractivity contribution in [3.8, 4) is 0 Å². The quantitative estimate of drug-likeness (QED) is 0.893. The van der Waals surface area contributed by atoms with Crippen molar-refractivity contribution < 1.29 is 0 Å². The molecule has 0 unspecified atom stereocenters. The van der Waals surface area contributed by atoms with Crippen molar-refractivity contribution in [2.45, 2.75) is 45.7 Å². The molecule has 0 amide bonds. The van der Waals surface area contributed by atoms with Crippen LogP contribution in [0.25, 0.3) is 0 Å². The minimum Gasteiger partial charge on any atom is -0.353 e. The lowest BCUT2D eigenvalue weighted by molar-refractivity contribution is 0.799. The zero-order valence-corrected chi connectivity index (χ0v) is 11.8. The molecule has 0 aliphatic heterocycles. The largest absolute Gasteiger partial charge is 0.353 e. The molecule has 18 heavy (non-hydrogen) atoms. The van der Waals surface area contributed by atoms with Gasteiger partial charge >= 0.3 is 0 Å². The van der Waals surface area contributed by atoms with E-state index in [0.29, 0.717) is 6.04 Å². The number of hydrogen-bond acceptors (Lipinski definition) is 3. The van der Waals surface area contributed by atoms with Gasteiger partial charge < -0.3 is 9.88 Å². The summed E-state index contributed by atoms with van der Waals surface area (Å²) in [6.07, 6.45) is 5.82. The molecular formula is C14H19N3S. The SMILES string of the molecule is CCc1ccsc1Cn1cc(C)nc1NC1CC1. The van der Waals surface area contributed by atoms with E-state index < -0.39 is 0 Å². The van der Waals surface area contributed by atoms with Crippen LogP contribution in [0.3, 0.4) is 0 Å². The molecule has 2 heterocycles. The van der Waals surface area contributed by atoms with Crippen LogP contribution in [-0.4, -0.2) is 15.6 Å². The summed E-state index contributed by atoms with van der Waals surface area (Å²) in [7, 11) is 0. The third-order valence-electron chi connectivity index (χ3n) is 3.34. The van der Waals surface area contributed by atoms with Crippen molar-refractivity contribution in [3.63, 3.8) is 0 Å². The van der Waals surface area contributed by atoms with E-state index in [-0.39, 0.29) is 0 Å². The second-order valence-electron chi connectivity index (χ2n) is 4.97. The van der Waals surface area contributed by atoms with Gasteiger partial charge in [0.05, 0.1) is 12.2 Å². The summed E-state index contributed by atoms with van der Waals surface area (Å²) in [5.74, 6) is 1.03. The van der Waals surface area contributed by atoms with Gasteiger partial charge in [0.25, 0.3) is 0 Å². The first-order chi connectivity index (χ1) is 8.76. The highest BCUT2D eigenvalue weighted by atomic mass is 32.1.